The molecule has 2 atom stereocenters. The highest BCUT2D eigenvalue weighted by molar-refractivity contribution is 5.75. The molecule has 3 fully saturated rings. The standard InChI is InChI=1S/C14H23NO2/c1-13(12(16)17)6-3-2-5-11(13)15-9-14(10-15)7-4-8-14/h11H,2-10H2,1H3,(H,16,17). The molecule has 3 rings (SSSR count). The first kappa shape index (κ1) is 11.5. The zero-order chi connectivity index (χ0) is 12.1. The summed E-state index contributed by atoms with van der Waals surface area (Å²) in [6.07, 6.45) is 8.36. The summed E-state index contributed by atoms with van der Waals surface area (Å²) in [5.74, 6) is -0.586. The quantitative estimate of drug-likeness (QED) is 0.802. The van der Waals surface area contributed by atoms with Gasteiger partial charge in [0, 0.05) is 19.1 Å². The third kappa shape index (κ3) is 1.62. The minimum Gasteiger partial charge on any atom is -0.481 e. The van der Waals surface area contributed by atoms with E-state index in [9.17, 15) is 9.90 Å². The van der Waals surface area contributed by atoms with Crippen molar-refractivity contribution < 1.29 is 9.90 Å². The van der Waals surface area contributed by atoms with E-state index < -0.39 is 11.4 Å². The number of likely N-dealkylation sites (tertiary alicyclic amines) is 1. The fourth-order valence-corrected chi connectivity index (χ4v) is 4.18. The maximum atomic E-state index is 11.5. The van der Waals surface area contributed by atoms with Crippen LogP contribution in [0.25, 0.3) is 0 Å². The highest BCUT2D eigenvalue weighted by atomic mass is 16.4. The first-order valence-corrected chi connectivity index (χ1v) is 7.03. The molecule has 3 aliphatic rings. The Morgan fingerprint density at radius 1 is 1.18 bits per heavy atom. The Balaban J connectivity index is 1.70. The smallest absolute Gasteiger partial charge is 0.310 e. The second-order valence-corrected chi connectivity index (χ2v) is 6.74. The van der Waals surface area contributed by atoms with Gasteiger partial charge < -0.3 is 5.11 Å². The molecule has 0 amide bonds. The Hall–Kier alpha value is -0.570. The average Bonchev–Trinajstić information content (AvgIpc) is 2.16. The van der Waals surface area contributed by atoms with Crippen molar-refractivity contribution in [1.29, 1.82) is 0 Å². The minimum atomic E-state index is -0.586. The van der Waals surface area contributed by atoms with Crippen LogP contribution in [0, 0.1) is 10.8 Å². The SMILES string of the molecule is CC1(C(=O)O)CCCCC1N1CC2(CCC2)C1. The summed E-state index contributed by atoms with van der Waals surface area (Å²) < 4.78 is 0. The topological polar surface area (TPSA) is 40.5 Å². The van der Waals surface area contributed by atoms with Crippen LogP contribution in [0.15, 0.2) is 0 Å². The van der Waals surface area contributed by atoms with E-state index in [1.807, 2.05) is 6.92 Å². The van der Waals surface area contributed by atoms with E-state index in [0.29, 0.717) is 11.5 Å². The minimum absolute atomic E-state index is 0.292. The monoisotopic (exact) mass is 237 g/mol. The highest BCUT2D eigenvalue weighted by Crippen LogP contribution is 2.52. The van der Waals surface area contributed by atoms with E-state index in [-0.39, 0.29) is 0 Å². The van der Waals surface area contributed by atoms with Crippen molar-refractivity contribution >= 4 is 5.97 Å². The van der Waals surface area contributed by atoms with Crippen molar-refractivity contribution in [3.05, 3.63) is 0 Å². The lowest BCUT2D eigenvalue weighted by atomic mass is 9.61. The summed E-state index contributed by atoms with van der Waals surface area (Å²) in [6, 6.07) is 0.292. The molecular formula is C14H23NO2. The second kappa shape index (κ2) is 3.71. The lowest BCUT2D eigenvalue weighted by molar-refractivity contribution is -0.166. The average molecular weight is 237 g/mol. The molecule has 1 saturated heterocycles. The number of carboxylic acids is 1. The maximum Gasteiger partial charge on any atom is 0.310 e. The first-order valence-electron chi connectivity index (χ1n) is 7.03. The van der Waals surface area contributed by atoms with Crippen molar-refractivity contribution in [1.82, 2.24) is 4.90 Å². The Morgan fingerprint density at radius 3 is 2.41 bits per heavy atom. The molecule has 3 nitrogen and oxygen atoms in total. The van der Waals surface area contributed by atoms with Gasteiger partial charge in [0.15, 0.2) is 0 Å². The van der Waals surface area contributed by atoms with Crippen LogP contribution in [0.4, 0.5) is 0 Å². The summed E-state index contributed by atoms with van der Waals surface area (Å²) >= 11 is 0. The van der Waals surface area contributed by atoms with Crippen molar-refractivity contribution in [3.63, 3.8) is 0 Å². The molecule has 3 heteroatoms. The number of nitrogens with zero attached hydrogens (tertiary/aromatic N) is 1. The number of carboxylic acid groups (broad SMARTS) is 1. The Morgan fingerprint density at radius 2 is 1.88 bits per heavy atom. The number of carbonyl (C=O) groups is 1. The molecule has 1 spiro atoms. The fourth-order valence-electron chi connectivity index (χ4n) is 4.18. The maximum absolute atomic E-state index is 11.5. The van der Waals surface area contributed by atoms with E-state index in [0.717, 1.165) is 19.3 Å². The summed E-state index contributed by atoms with van der Waals surface area (Å²) in [4.78, 5) is 14.0. The highest BCUT2D eigenvalue weighted by Gasteiger charge is 2.54. The molecule has 1 heterocycles. The van der Waals surface area contributed by atoms with Crippen molar-refractivity contribution in [3.8, 4) is 0 Å². The molecule has 0 aromatic rings. The van der Waals surface area contributed by atoms with Crippen molar-refractivity contribution in [2.75, 3.05) is 13.1 Å². The lowest BCUT2D eigenvalue weighted by Crippen LogP contribution is -2.66. The van der Waals surface area contributed by atoms with Crippen LogP contribution in [-0.2, 0) is 4.79 Å². The molecule has 1 N–H and O–H groups in total. The predicted octanol–water partition coefficient (Wildman–Crippen LogP) is 2.51. The van der Waals surface area contributed by atoms with Gasteiger partial charge in [-0.05, 0) is 38.0 Å². The van der Waals surface area contributed by atoms with E-state index in [4.69, 9.17) is 0 Å². The molecule has 2 saturated carbocycles. The van der Waals surface area contributed by atoms with Crippen molar-refractivity contribution in [2.24, 2.45) is 10.8 Å². The summed E-state index contributed by atoms with van der Waals surface area (Å²) in [5.41, 5.74) is 0.112. The molecule has 1 aliphatic heterocycles. The molecule has 0 bridgehead atoms. The number of rotatable bonds is 2. The number of hydrogen-bond donors (Lipinski definition) is 1. The van der Waals surface area contributed by atoms with Crippen molar-refractivity contribution in [2.45, 2.75) is 57.9 Å². The Kier molecular flexibility index (Phi) is 2.51. The van der Waals surface area contributed by atoms with E-state index in [2.05, 4.69) is 4.90 Å². The van der Waals surface area contributed by atoms with Crippen LogP contribution in [0.2, 0.25) is 0 Å². The third-order valence-corrected chi connectivity index (χ3v) is 5.58. The van der Waals surface area contributed by atoms with Crippen LogP contribution in [0.3, 0.4) is 0 Å². The molecule has 0 aromatic carbocycles. The molecule has 0 aromatic heterocycles. The van der Waals surface area contributed by atoms with Gasteiger partial charge in [0.05, 0.1) is 5.41 Å². The summed E-state index contributed by atoms with van der Waals surface area (Å²) in [6.45, 7) is 4.30. The van der Waals surface area contributed by atoms with Gasteiger partial charge in [-0.2, -0.15) is 0 Å². The van der Waals surface area contributed by atoms with E-state index in [1.165, 1.54) is 38.8 Å². The van der Waals surface area contributed by atoms with Crippen LogP contribution in [0.1, 0.15) is 51.9 Å². The van der Waals surface area contributed by atoms with Crippen LogP contribution in [0.5, 0.6) is 0 Å². The van der Waals surface area contributed by atoms with Crippen LogP contribution >= 0.6 is 0 Å². The second-order valence-electron chi connectivity index (χ2n) is 6.74. The lowest BCUT2D eigenvalue weighted by Gasteiger charge is -2.61. The normalized spacial score (nSPS) is 40.6. The van der Waals surface area contributed by atoms with Gasteiger partial charge in [-0.3, -0.25) is 9.69 Å². The van der Waals surface area contributed by atoms with E-state index >= 15 is 0 Å². The summed E-state index contributed by atoms with van der Waals surface area (Å²) in [7, 11) is 0. The van der Waals surface area contributed by atoms with Gasteiger partial charge in [0.1, 0.15) is 0 Å². The summed E-state index contributed by atoms with van der Waals surface area (Å²) in [5, 5.41) is 9.51. The first-order chi connectivity index (χ1) is 8.06. The van der Waals surface area contributed by atoms with Gasteiger partial charge in [-0.15, -0.1) is 0 Å². The van der Waals surface area contributed by atoms with Gasteiger partial charge >= 0.3 is 5.97 Å². The van der Waals surface area contributed by atoms with Gasteiger partial charge in [-0.25, -0.2) is 0 Å². The molecule has 17 heavy (non-hydrogen) atoms. The zero-order valence-electron chi connectivity index (χ0n) is 10.7. The Bertz CT molecular complexity index is 329. The van der Waals surface area contributed by atoms with Crippen LogP contribution < -0.4 is 0 Å². The third-order valence-electron chi connectivity index (χ3n) is 5.58. The molecule has 0 radical (unpaired) electrons. The molecule has 96 valence electrons. The van der Waals surface area contributed by atoms with Gasteiger partial charge in [0.25, 0.3) is 0 Å². The molecular weight excluding hydrogens is 214 g/mol. The fraction of sp³-hybridized carbons (Fsp3) is 0.929. The van der Waals surface area contributed by atoms with Gasteiger partial charge in [0.2, 0.25) is 0 Å². The van der Waals surface area contributed by atoms with Crippen LogP contribution in [-0.4, -0.2) is 35.1 Å². The van der Waals surface area contributed by atoms with Gasteiger partial charge in [-0.1, -0.05) is 19.3 Å². The largest absolute Gasteiger partial charge is 0.481 e. The molecule has 2 unspecified atom stereocenters. The number of aliphatic carboxylic acids is 1. The Labute approximate surface area is 103 Å². The zero-order valence-corrected chi connectivity index (χ0v) is 10.7. The predicted molar refractivity (Wildman–Crippen MR) is 65.9 cm³/mol. The molecule has 2 aliphatic carbocycles. The number of hydrogen-bond acceptors (Lipinski definition) is 2. The van der Waals surface area contributed by atoms with E-state index in [1.54, 1.807) is 0 Å².